The Labute approximate surface area is 146 Å². The van der Waals surface area contributed by atoms with Crippen LogP contribution in [0.25, 0.3) is 5.69 Å². The van der Waals surface area contributed by atoms with Gasteiger partial charge in [0.05, 0.1) is 5.69 Å². The Morgan fingerprint density at radius 2 is 1.74 bits per heavy atom. The molecule has 0 bridgehead atoms. The number of aromatic nitrogens is 2. The van der Waals surface area contributed by atoms with E-state index in [1.807, 2.05) is 5.32 Å². The maximum Gasteiger partial charge on any atom is 0.425 e. The van der Waals surface area contributed by atoms with Crippen LogP contribution in [0.1, 0.15) is 12.5 Å². The van der Waals surface area contributed by atoms with E-state index in [2.05, 4.69) is 0 Å². The van der Waals surface area contributed by atoms with Gasteiger partial charge >= 0.3 is 11.9 Å². The van der Waals surface area contributed by atoms with Gasteiger partial charge in [-0.05, 0) is 24.3 Å². The number of hydrogen-bond acceptors (Lipinski definition) is 4. The van der Waals surface area contributed by atoms with Crippen LogP contribution in [-0.2, 0) is 15.1 Å². The molecule has 12 heteroatoms. The van der Waals surface area contributed by atoms with E-state index in [1.54, 1.807) is 4.98 Å². The molecule has 0 unspecified atom stereocenters. The molecule has 1 aromatic carbocycles. The summed E-state index contributed by atoms with van der Waals surface area (Å²) in [4.78, 5) is 49.7. The topological polar surface area (TPSA) is 113 Å². The third-order valence-corrected chi connectivity index (χ3v) is 3.93. The molecule has 0 spiro atoms. The molecule has 1 aliphatic heterocycles. The molecule has 2 heterocycles. The van der Waals surface area contributed by atoms with Crippen LogP contribution in [-0.4, -0.2) is 27.5 Å². The molecule has 0 saturated carbocycles. The predicted molar refractivity (Wildman–Crippen MR) is 82.8 cm³/mol. The van der Waals surface area contributed by atoms with Gasteiger partial charge in [-0.15, -0.1) is 0 Å². The summed E-state index contributed by atoms with van der Waals surface area (Å²) >= 11 is 0. The number of amides is 2. The number of aromatic amines is 1. The molecule has 0 radical (unpaired) electrons. The first-order valence-electron chi connectivity index (χ1n) is 7.31. The summed E-state index contributed by atoms with van der Waals surface area (Å²) in [5.41, 5.74) is -7.66. The highest BCUT2D eigenvalue weighted by atomic mass is 19.4. The van der Waals surface area contributed by atoms with E-state index >= 15 is 0 Å². The van der Waals surface area contributed by atoms with Crippen molar-refractivity contribution in [3.63, 3.8) is 0 Å². The van der Waals surface area contributed by atoms with Gasteiger partial charge in [0, 0.05) is 6.92 Å². The van der Waals surface area contributed by atoms with Gasteiger partial charge in [0.2, 0.25) is 11.4 Å². The number of benzene rings is 1. The number of rotatable bonds is 2. The summed E-state index contributed by atoms with van der Waals surface area (Å²) in [6.45, 7) is 0.739. The minimum Gasteiger partial charge on any atom is -0.331 e. The number of H-pyrrole nitrogens is 1. The van der Waals surface area contributed by atoms with Crippen LogP contribution in [0, 0.1) is 5.82 Å². The minimum absolute atomic E-state index is 0.116. The Bertz CT molecular complexity index is 1070. The fraction of sp³-hybridized carbons (Fsp3) is 0.200. The second kappa shape index (κ2) is 5.79. The van der Waals surface area contributed by atoms with Gasteiger partial charge in [0.1, 0.15) is 17.2 Å². The highest BCUT2D eigenvalue weighted by Gasteiger charge is 2.68. The Morgan fingerprint density at radius 1 is 1.15 bits per heavy atom. The number of carbonyl (C=O) groups is 2. The number of nitrogens with zero attached hydrogens (tertiary/aromatic N) is 1. The van der Waals surface area contributed by atoms with Crippen molar-refractivity contribution in [2.75, 3.05) is 5.32 Å². The van der Waals surface area contributed by atoms with E-state index in [0.717, 1.165) is 31.2 Å². The molecule has 3 N–H and O–H groups in total. The quantitative estimate of drug-likeness (QED) is 0.653. The lowest BCUT2D eigenvalue weighted by Crippen LogP contribution is -2.61. The lowest BCUT2D eigenvalue weighted by atomic mass is 9.92. The number of carbonyl (C=O) groups excluding carboxylic acids is 2. The summed E-state index contributed by atoms with van der Waals surface area (Å²) in [5, 5.41) is 3.32. The van der Waals surface area contributed by atoms with Crippen molar-refractivity contribution in [3.05, 3.63) is 56.5 Å². The third-order valence-electron chi connectivity index (χ3n) is 3.93. The number of nitrogens with one attached hydrogen (secondary N) is 3. The molecule has 27 heavy (non-hydrogen) atoms. The summed E-state index contributed by atoms with van der Waals surface area (Å²) in [6.07, 6.45) is -5.40. The first-order valence-corrected chi connectivity index (χ1v) is 7.31. The van der Waals surface area contributed by atoms with E-state index < -0.39 is 52.0 Å². The fourth-order valence-electron chi connectivity index (χ4n) is 2.88. The lowest BCUT2D eigenvalue weighted by Gasteiger charge is -2.29. The van der Waals surface area contributed by atoms with E-state index in [4.69, 9.17) is 0 Å². The molecular formula is C15H10F4N4O4. The average Bonchev–Trinajstić information content (AvgIpc) is 2.82. The molecular weight excluding hydrogens is 376 g/mol. The van der Waals surface area contributed by atoms with Crippen molar-refractivity contribution in [1.82, 2.24) is 14.9 Å². The number of alkyl halides is 3. The molecule has 2 aromatic rings. The number of hydrogen-bond donors (Lipinski definition) is 3. The van der Waals surface area contributed by atoms with Gasteiger partial charge in [-0.3, -0.25) is 19.4 Å². The molecule has 1 aliphatic rings. The standard InChI is InChI=1S/C15H10F4N4O4/c1-6(24)22-14(15(17,18)19)9-10(20-12(14)26)23(13(27)21-11(9)25)8-4-2-7(16)3-5-8/h2-5H,1H3,(H,20,26)(H,22,24)(H,21,25,27)/t14-/m1/s1. The summed E-state index contributed by atoms with van der Waals surface area (Å²) < 4.78 is 55.1. The Morgan fingerprint density at radius 3 is 2.26 bits per heavy atom. The van der Waals surface area contributed by atoms with Crippen molar-refractivity contribution in [2.24, 2.45) is 0 Å². The van der Waals surface area contributed by atoms with E-state index in [9.17, 15) is 36.7 Å². The zero-order valence-corrected chi connectivity index (χ0v) is 13.4. The highest BCUT2D eigenvalue weighted by Crippen LogP contribution is 2.45. The summed E-state index contributed by atoms with van der Waals surface area (Å²) in [6, 6.07) is 3.99. The second-order valence-corrected chi connectivity index (χ2v) is 5.68. The molecule has 2 amide bonds. The van der Waals surface area contributed by atoms with Crippen molar-refractivity contribution < 1.29 is 27.2 Å². The highest BCUT2D eigenvalue weighted by molar-refractivity contribution is 6.07. The van der Waals surface area contributed by atoms with E-state index in [-0.39, 0.29) is 5.69 Å². The SMILES string of the molecule is CC(=O)N[C@@]1(C(F)(F)F)C(=O)Nc2c1c(=O)[nH]c(=O)n2-c1ccc(F)cc1. The average molecular weight is 386 g/mol. The molecule has 0 fully saturated rings. The molecule has 3 rings (SSSR count). The summed E-state index contributed by atoms with van der Waals surface area (Å²) in [7, 11) is 0. The van der Waals surface area contributed by atoms with Crippen molar-refractivity contribution in [3.8, 4) is 5.69 Å². The first-order chi connectivity index (χ1) is 12.5. The summed E-state index contributed by atoms with van der Waals surface area (Å²) in [5.74, 6) is -4.44. The van der Waals surface area contributed by atoms with Crippen LogP contribution in [0.4, 0.5) is 23.4 Å². The molecule has 0 aliphatic carbocycles. The fourth-order valence-corrected chi connectivity index (χ4v) is 2.88. The lowest BCUT2D eigenvalue weighted by molar-refractivity contribution is -0.200. The van der Waals surface area contributed by atoms with Gasteiger partial charge in [0.15, 0.2) is 0 Å². The molecule has 0 saturated heterocycles. The number of anilines is 1. The monoisotopic (exact) mass is 386 g/mol. The van der Waals surface area contributed by atoms with Crippen molar-refractivity contribution >= 4 is 17.6 Å². The van der Waals surface area contributed by atoms with Crippen LogP contribution in [0.2, 0.25) is 0 Å². The maximum atomic E-state index is 13.8. The van der Waals surface area contributed by atoms with Crippen molar-refractivity contribution in [2.45, 2.75) is 18.6 Å². The molecule has 8 nitrogen and oxygen atoms in total. The van der Waals surface area contributed by atoms with Gasteiger partial charge < -0.3 is 10.6 Å². The largest absolute Gasteiger partial charge is 0.425 e. The number of halogens is 4. The van der Waals surface area contributed by atoms with Crippen LogP contribution < -0.4 is 21.9 Å². The van der Waals surface area contributed by atoms with Gasteiger partial charge in [-0.1, -0.05) is 0 Å². The van der Waals surface area contributed by atoms with Gasteiger partial charge in [-0.25, -0.2) is 13.8 Å². The van der Waals surface area contributed by atoms with E-state index in [1.165, 1.54) is 5.32 Å². The molecule has 1 atom stereocenters. The minimum atomic E-state index is -5.40. The normalized spacial score (nSPS) is 18.8. The number of fused-ring (bicyclic) bond motifs is 1. The van der Waals surface area contributed by atoms with Crippen LogP contribution in [0.15, 0.2) is 33.9 Å². The third kappa shape index (κ3) is 2.60. The van der Waals surface area contributed by atoms with Crippen LogP contribution in [0.5, 0.6) is 0 Å². The Balaban J connectivity index is 2.42. The molecule has 1 aromatic heterocycles. The Hall–Kier alpha value is -3.44. The maximum absolute atomic E-state index is 13.8. The van der Waals surface area contributed by atoms with Gasteiger partial charge in [0.25, 0.3) is 11.5 Å². The Kier molecular flexibility index (Phi) is 3.94. The van der Waals surface area contributed by atoms with Gasteiger partial charge in [-0.2, -0.15) is 13.2 Å². The van der Waals surface area contributed by atoms with Crippen LogP contribution in [0.3, 0.4) is 0 Å². The second-order valence-electron chi connectivity index (χ2n) is 5.68. The first kappa shape index (κ1) is 18.4. The predicted octanol–water partition coefficient (Wildman–Crippen LogP) is 0.511. The zero-order chi connectivity index (χ0) is 20.1. The zero-order valence-electron chi connectivity index (χ0n) is 13.4. The smallest absolute Gasteiger partial charge is 0.331 e. The molecule has 142 valence electrons. The van der Waals surface area contributed by atoms with E-state index in [0.29, 0.717) is 4.57 Å². The van der Waals surface area contributed by atoms with Crippen molar-refractivity contribution in [1.29, 1.82) is 0 Å². The van der Waals surface area contributed by atoms with Crippen LogP contribution >= 0.6 is 0 Å².